The summed E-state index contributed by atoms with van der Waals surface area (Å²) in [4.78, 5) is 0. The fourth-order valence-corrected chi connectivity index (χ4v) is 3.16. The van der Waals surface area contributed by atoms with Gasteiger partial charge in [-0.15, -0.1) is 0 Å². The van der Waals surface area contributed by atoms with Crippen LogP contribution < -0.4 is 10.1 Å². The summed E-state index contributed by atoms with van der Waals surface area (Å²) in [7, 11) is 1.97. The molecular weight excluding hydrogens is 318 g/mol. The molecule has 0 aromatic heterocycles. The Labute approximate surface area is 130 Å². The van der Waals surface area contributed by atoms with E-state index in [9.17, 15) is 0 Å². The first-order chi connectivity index (χ1) is 9.49. The number of benzene rings is 1. The smallest absolute Gasteiger partial charge is 0.133 e. The van der Waals surface area contributed by atoms with Crippen molar-refractivity contribution in [2.24, 2.45) is 0 Å². The van der Waals surface area contributed by atoms with E-state index in [0.717, 1.165) is 23.1 Å². The molecule has 112 valence electrons. The third kappa shape index (κ3) is 3.96. The van der Waals surface area contributed by atoms with Gasteiger partial charge in [-0.2, -0.15) is 0 Å². The lowest BCUT2D eigenvalue weighted by Gasteiger charge is -2.32. The molecule has 1 saturated heterocycles. The van der Waals surface area contributed by atoms with E-state index in [0.29, 0.717) is 6.04 Å². The van der Waals surface area contributed by atoms with Crippen LogP contribution in [-0.2, 0) is 4.74 Å². The number of rotatable bonds is 4. The summed E-state index contributed by atoms with van der Waals surface area (Å²) in [5.41, 5.74) is 1.25. The molecule has 0 bridgehead atoms. The average molecular weight is 342 g/mol. The molecule has 1 aliphatic heterocycles. The Morgan fingerprint density at radius 1 is 1.30 bits per heavy atom. The maximum Gasteiger partial charge on any atom is 0.133 e. The quantitative estimate of drug-likeness (QED) is 0.895. The van der Waals surface area contributed by atoms with Crippen molar-refractivity contribution in [1.29, 1.82) is 0 Å². The summed E-state index contributed by atoms with van der Waals surface area (Å²) in [6.07, 6.45) is 2.67. The Morgan fingerprint density at radius 3 is 2.50 bits per heavy atom. The maximum atomic E-state index is 6.15. The Hall–Kier alpha value is -0.580. The lowest BCUT2D eigenvalue weighted by Crippen LogP contribution is -2.35. The molecule has 0 amide bonds. The summed E-state index contributed by atoms with van der Waals surface area (Å²) < 4.78 is 12.9. The van der Waals surface area contributed by atoms with E-state index in [1.54, 1.807) is 0 Å². The van der Waals surface area contributed by atoms with Gasteiger partial charge in [0.05, 0.1) is 16.7 Å². The molecule has 4 heteroatoms. The van der Waals surface area contributed by atoms with Gasteiger partial charge >= 0.3 is 0 Å². The van der Waals surface area contributed by atoms with E-state index in [1.165, 1.54) is 5.56 Å². The van der Waals surface area contributed by atoms with Crippen molar-refractivity contribution >= 4 is 15.9 Å². The second-order valence-corrected chi connectivity index (χ2v) is 6.52. The minimum atomic E-state index is 0.234. The third-order valence-electron chi connectivity index (χ3n) is 3.84. The molecule has 0 saturated carbocycles. The second-order valence-electron chi connectivity index (χ2n) is 5.67. The van der Waals surface area contributed by atoms with Crippen LogP contribution in [0, 0.1) is 0 Å². The van der Waals surface area contributed by atoms with E-state index in [2.05, 4.69) is 60.2 Å². The first kappa shape index (κ1) is 15.8. The van der Waals surface area contributed by atoms with Crippen LogP contribution in [0.1, 0.15) is 45.2 Å². The van der Waals surface area contributed by atoms with E-state index in [1.807, 2.05) is 7.05 Å². The number of nitrogens with one attached hydrogen (secondary N) is 1. The van der Waals surface area contributed by atoms with Gasteiger partial charge in [0, 0.05) is 18.9 Å². The molecule has 3 unspecified atom stereocenters. The zero-order valence-electron chi connectivity index (χ0n) is 12.7. The molecule has 1 aliphatic rings. The number of hydrogen-bond donors (Lipinski definition) is 1. The Bertz CT molecular complexity index is 442. The Morgan fingerprint density at radius 2 is 1.95 bits per heavy atom. The zero-order valence-corrected chi connectivity index (χ0v) is 14.2. The van der Waals surface area contributed by atoms with Crippen molar-refractivity contribution in [3.05, 3.63) is 28.2 Å². The predicted molar refractivity (Wildman–Crippen MR) is 85.3 cm³/mol. The van der Waals surface area contributed by atoms with Crippen LogP contribution in [0.2, 0.25) is 0 Å². The van der Waals surface area contributed by atoms with E-state index in [4.69, 9.17) is 9.47 Å². The van der Waals surface area contributed by atoms with Gasteiger partial charge in [0.2, 0.25) is 0 Å². The fraction of sp³-hybridized carbons (Fsp3) is 0.625. The van der Waals surface area contributed by atoms with Gasteiger partial charge in [0.15, 0.2) is 0 Å². The van der Waals surface area contributed by atoms with Crippen molar-refractivity contribution in [3.8, 4) is 5.75 Å². The monoisotopic (exact) mass is 341 g/mol. The van der Waals surface area contributed by atoms with Gasteiger partial charge < -0.3 is 14.8 Å². The molecule has 1 N–H and O–H groups in total. The van der Waals surface area contributed by atoms with Gasteiger partial charge in [-0.1, -0.05) is 6.07 Å². The summed E-state index contributed by atoms with van der Waals surface area (Å²) >= 11 is 3.62. The molecule has 0 aliphatic carbocycles. The summed E-state index contributed by atoms with van der Waals surface area (Å²) in [5.74, 6) is 0.920. The van der Waals surface area contributed by atoms with Crippen LogP contribution in [0.25, 0.3) is 0 Å². The van der Waals surface area contributed by atoms with Gasteiger partial charge in [-0.25, -0.2) is 0 Å². The zero-order chi connectivity index (χ0) is 14.7. The topological polar surface area (TPSA) is 30.5 Å². The largest absolute Gasteiger partial charge is 0.489 e. The SMILES string of the molecule is CNC(C)c1ccc(OC2CC(C)OC(C)C2)c(Br)c1. The second kappa shape index (κ2) is 6.92. The Kier molecular flexibility index (Phi) is 5.47. The number of ether oxygens (including phenoxy) is 2. The Balaban J connectivity index is 2.06. The highest BCUT2D eigenvalue weighted by Crippen LogP contribution is 2.31. The molecule has 2 rings (SSSR count). The molecule has 0 spiro atoms. The van der Waals surface area contributed by atoms with Crippen LogP contribution in [-0.4, -0.2) is 25.4 Å². The molecule has 3 atom stereocenters. The summed E-state index contributed by atoms with van der Waals surface area (Å²) in [6.45, 7) is 6.36. The molecule has 1 heterocycles. The van der Waals surface area contributed by atoms with E-state index < -0.39 is 0 Å². The van der Waals surface area contributed by atoms with Crippen molar-refractivity contribution in [2.75, 3.05) is 7.05 Å². The highest BCUT2D eigenvalue weighted by Gasteiger charge is 2.26. The number of halogens is 1. The lowest BCUT2D eigenvalue weighted by atomic mass is 10.0. The molecule has 1 aromatic carbocycles. The van der Waals surface area contributed by atoms with E-state index >= 15 is 0 Å². The van der Waals surface area contributed by atoms with Gasteiger partial charge in [0.25, 0.3) is 0 Å². The van der Waals surface area contributed by atoms with E-state index in [-0.39, 0.29) is 18.3 Å². The average Bonchev–Trinajstić information content (AvgIpc) is 2.39. The van der Waals surface area contributed by atoms with Crippen LogP contribution in [0.4, 0.5) is 0 Å². The summed E-state index contributed by atoms with van der Waals surface area (Å²) in [6, 6.07) is 6.64. The third-order valence-corrected chi connectivity index (χ3v) is 4.46. The van der Waals surface area contributed by atoms with Crippen molar-refractivity contribution in [3.63, 3.8) is 0 Å². The lowest BCUT2D eigenvalue weighted by molar-refractivity contribution is -0.0722. The summed E-state index contributed by atoms with van der Waals surface area (Å²) in [5, 5.41) is 3.24. The van der Waals surface area contributed by atoms with Gasteiger partial charge in [-0.05, 0) is 61.4 Å². The van der Waals surface area contributed by atoms with Crippen molar-refractivity contribution in [1.82, 2.24) is 5.32 Å². The molecule has 3 nitrogen and oxygen atoms in total. The highest BCUT2D eigenvalue weighted by molar-refractivity contribution is 9.10. The molecule has 1 fully saturated rings. The normalized spacial score (nSPS) is 28.1. The van der Waals surface area contributed by atoms with Gasteiger partial charge in [0.1, 0.15) is 11.9 Å². The van der Waals surface area contributed by atoms with Crippen LogP contribution >= 0.6 is 15.9 Å². The maximum absolute atomic E-state index is 6.15. The van der Waals surface area contributed by atoms with Gasteiger partial charge in [-0.3, -0.25) is 0 Å². The fourth-order valence-electron chi connectivity index (χ4n) is 2.67. The molecule has 1 aromatic rings. The first-order valence-corrected chi connectivity index (χ1v) is 8.07. The van der Waals surface area contributed by atoms with Crippen LogP contribution in [0.5, 0.6) is 5.75 Å². The minimum Gasteiger partial charge on any atom is -0.489 e. The predicted octanol–water partition coefficient (Wildman–Crippen LogP) is 4.06. The highest BCUT2D eigenvalue weighted by atomic mass is 79.9. The molecular formula is C16H24BrNO2. The van der Waals surface area contributed by atoms with Crippen LogP contribution in [0.3, 0.4) is 0 Å². The standard InChI is InChI=1S/C16H24BrNO2/c1-10-7-14(8-11(2)19-10)20-16-6-5-13(9-15(16)17)12(3)18-4/h5-6,9-12,14,18H,7-8H2,1-4H3. The van der Waals surface area contributed by atoms with Crippen molar-refractivity contribution < 1.29 is 9.47 Å². The van der Waals surface area contributed by atoms with Crippen LogP contribution in [0.15, 0.2) is 22.7 Å². The molecule has 0 radical (unpaired) electrons. The van der Waals surface area contributed by atoms with Crippen molar-refractivity contribution in [2.45, 2.75) is 58.0 Å². The molecule has 20 heavy (non-hydrogen) atoms. The minimum absolute atomic E-state index is 0.234. The number of hydrogen-bond acceptors (Lipinski definition) is 3. The first-order valence-electron chi connectivity index (χ1n) is 7.28.